The van der Waals surface area contributed by atoms with Crippen LogP contribution in [0.2, 0.25) is 0 Å². The van der Waals surface area contributed by atoms with E-state index in [1.807, 2.05) is 0 Å². The molecule has 3 rings (SSSR count). The van der Waals surface area contributed by atoms with E-state index >= 15 is 0 Å². The number of hydrogen-bond acceptors (Lipinski definition) is 6. The fourth-order valence-corrected chi connectivity index (χ4v) is 2.87. The monoisotopic (exact) mass is 344 g/mol. The maximum atomic E-state index is 11.3. The molecular weight excluding hydrogens is 332 g/mol. The number of hydrogen-bond donors (Lipinski definition) is 1. The van der Waals surface area contributed by atoms with Crippen LogP contribution in [-0.2, 0) is 0 Å². The number of ether oxygens (including phenoxy) is 1. The zero-order valence-corrected chi connectivity index (χ0v) is 13.3. The van der Waals surface area contributed by atoms with Gasteiger partial charge in [0.15, 0.2) is 5.58 Å². The molecule has 0 unspecified atom stereocenters. The lowest BCUT2D eigenvalue weighted by Crippen LogP contribution is -1.95. The summed E-state index contributed by atoms with van der Waals surface area (Å²) in [5.74, 6) is 0.119. The fourth-order valence-electron chi connectivity index (χ4n) is 2.09. The standard InChI is InChI=1S/C16H12N2O5S/c1-22-11-3-5-12(6-4-11)24-15(18(20)21)9-10-2-7-14-13(8-10)17-16(19)23-14/h2-9H,1H3,(H,17,19)/b15-9+. The summed E-state index contributed by atoms with van der Waals surface area (Å²) in [5.41, 5.74) is 1.49. The van der Waals surface area contributed by atoms with Crippen LogP contribution in [0.3, 0.4) is 0 Å². The van der Waals surface area contributed by atoms with Gasteiger partial charge < -0.3 is 9.15 Å². The Kier molecular flexibility index (Phi) is 4.39. The van der Waals surface area contributed by atoms with Crippen molar-refractivity contribution in [3.63, 3.8) is 0 Å². The Balaban J connectivity index is 1.91. The topological polar surface area (TPSA) is 98.4 Å². The van der Waals surface area contributed by atoms with Crippen molar-refractivity contribution in [2.24, 2.45) is 0 Å². The van der Waals surface area contributed by atoms with Crippen molar-refractivity contribution < 1.29 is 14.1 Å². The van der Waals surface area contributed by atoms with Crippen LogP contribution in [0.4, 0.5) is 0 Å². The molecule has 0 spiro atoms. The van der Waals surface area contributed by atoms with Crippen molar-refractivity contribution in [1.29, 1.82) is 0 Å². The normalized spacial score (nSPS) is 11.6. The van der Waals surface area contributed by atoms with Gasteiger partial charge in [-0.05, 0) is 53.7 Å². The Labute approximate surface area is 140 Å². The summed E-state index contributed by atoms with van der Waals surface area (Å²) in [5, 5.41) is 11.3. The molecule has 0 saturated heterocycles. The average molecular weight is 344 g/mol. The maximum Gasteiger partial charge on any atom is 0.417 e. The van der Waals surface area contributed by atoms with Gasteiger partial charge in [-0.3, -0.25) is 15.1 Å². The van der Waals surface area contributed by atoms with Crippen LogP contribution in [0, 0.1) is 10.1 Å². The number of oxazole rings is 1. The number of aromatic nitrogens is 1. The number of thioether (sulfide) groups is 1. The minimum Gasteiger partial charge on any atom is -0.497 e. The molecule has 0 atom stereocenters. The number of rotatable bonds is 5. The third-order valence-electron chi connectivity index (χ3n) is 3.19. The predicted molar refractivity (Wildman–Crippen MR) is 90.7 cm³/mol. The van der Waals surface area contributed by atoms with E-state index in [0.717, 1.165) is 16.7 Å². The summed E-state index contributed by atoms with van der Waals surface area (Å²) in [7, 11) is 1.56. The van der Waals surface area contributed by atoms with E-state index in [0.29, 0.717) is 22.4 Å². The molecule has 1 aromatic heterocycles. The van der Waals surface area contributed by atoms with Crippen LogP contribution in [0.15, 0.2) is 61.6 Å². The van der Waals surface area contributed by atoms with Crippen molar-refractivity contribution in [2.75, 3.05) is 7.11 Å². The summed E-state index contributed by atoms with van der Waals surface area (Å²) in [6, 6.07) is 11.8. The molecule has 24 heavy (non-hydrogen) atoms. The molecule has 2 aromatic carbocycles. The molecule has 8 heteroatoms. The van der Waals surface area contributed by atoms with Crippen molar-refractivity contribution in [2.45, 2.75) is 4.90 Å². The molecule has 0 amide bonds. The molecule has 0 saturated carbocycles. The van der Waals surface area contributed by atoms with Crippen LogP contribution < -0.4 is 10.5 Å². The molecule has 7 nitrogen and oxygen atoms in total. The van der Waals surface area contributed by atoms with Gasteiger partial charge in [0.25, 0.3) is 0 Å². The zero-order chi connectivity index (χ0) is 17.1. The number of benzene rings is 2. The van der Waals surface area contributed by atoms with E-state index in [9.17, 15) is 14.9 Å². The summed E-state index contributed by atoms with van der Waals surface area (Å²) >= 11 is 1.03. The van der Waals surface area contributed by atoms with E-state index in [-0.39, 0.29) is 5.03 Å². The smallest absolute Gasteiger partial charge is 0.417 e. The fraction of sp³-hybridized carbons (Fsp3) is 0.0625. The highest BCUT2D eigenvalue weighted by Crippen LogP contribution is 2.30. The summed E-state index contributed by atoms with van der Waals surface area (Å²) < 4.78 is 9.97. The van der Waals surface area contributed by atoms with Crippen molar-refractivity contribution in [3.05, 3.63) is 73.7 Å². The van der Waals surface area contributed by atoms with Crippen LogP contribution in [-0.4, -0.2) is 17.0 Å². The number of methoxy groups -OCH3 is 1. The van der Waals surface area contributed by atoms with Crippen molar-refractivity contribution in [3.8, 4) is 5.75 Å². The van der Waals surface area contributed by atoms with E-state index in [1.54, 1.807) is 49.6 Å². The number of aromatic amines is 1. The van der Waals surface area contributed by atoms with Crippen LogP contribution in [0.5, 0.6) is 5.75 Å². The molecule has 0 aliphatic heterocycles. The molecule has 122 valence electrons. The van der Waals surface area contributed by atoms with E-state index in [4.69, 9.17) is 9.15 Å². The van der Waals surface area contributed by atoms with E-state index in [1.165, 1.54) is 6.08 Å². The quantitative estimate of drug-likeness (QED) is 0.432. The van der Waals surface area contributed by atoms with Crippen LogP contribution >= 0.6 is 11.8 Å². The second-order valence-electron chi connectivity index (χ2n) is 4.79. The van der Waals surface area contributed by atoms with E-state index in [2.05, 4.69) is 4.98 Å². The first-order valence-corrected chi connectivity index (χ1v) is 7.67. The molecule has 1 heterocycles. The minimum atomic E-state index is -0.562. The summed E-state index contributed by atoms with van der Waals surface area (Å²) in [6.45, 7) is 0. The van der Waals surface area contributed by atoms with Gasteiger partial charge in [0.05, 0.1) is 17.5 Å². The zero-order valence-electron chi connectivity index (χ0n) is 12.5. The SMILES string of the molecule is COc1ccc(S/C(=C/c2ccc3oc(=O)[nH]c3c2)[N+](=O)[O-])cc1. The first-order valence-electron chi connectivity index (χ1n) is 6.86. The lowest BCUT2D eigenvalue weighted by Gasteiger charge is -2.02. The van der Waals surface area contributed by atoms with Gasteiger partial charge in [0.1, 0.15) is 5.75 Å². The first kappa shape index (κ1) is 15.9. The van der Waals surface area contributed by atoms with Gasteiger partial charge in [-0.1, -0.05) is 6.07 Å². The van der Waals surface area contributed by atoms with E-state index < -0.39 is 10.7 Å². The highest BCUT2D eigenvalue weighted by molar-refractivity contribution is 8.03. The largest absolute Gasteiger partial charge is 0.497 e. The Bertz CT molecular complexity index is 972. The van der Waals surface area contributed by atoms with Gasteiger partial charge in [-0.15, -0.1) is 0 Å². The highest BCUT2D eigenvalue weighted by Gasteiger charge is 2.14. The highest BCUT2D eigenvalue weighted by atomic mass is 32.2. The molecule has 0 fully saturated rings. The summed E-state index contributed by atoms with van der Waals surface area (Å²) in [4.78, 5) is 25.3. The molecule has 1 N–H and O–H groups in total. The maximum absolute atomic E-state index is 11.3. The second-order valence-corrected chi connectivity index (χ2v) is 5.88. The average Bonchev–Trinajstić information content (AvgIpc) is 2.94. The number of nitro groups is 1. The number of fused-ring (bicyclic) bond motifs is 1. The molecule has 0 aliphatic rings. The third-order valence-corrected chi connectivity index (χ3v) is 4.18. The molecule has 0 bridgehead atoms. The van der Waals surface area contributed by atoms with Gasteiger partial charge in [0, 0.05) is 11.0 Å². The Morgan fingerprint density at radius 1 is 1.29 bits per heavy atom. The first-order chi connectivity index (χ1) is 11.5. The number of nitrogens with one attached hydrogen (secondary N) is 1. The third kappa shape index (κ3) is 3.49. The van der Waals surface area contributed by atoms with Crippen molar-refractivity contribution in [1.82, 2.24) is 4.98 Å². The van der Waals surface area contributed by atoms with Gasteiger partial charge in [-0.2, -0.15) is 0 Å². The molecular formula is C16H12N2O5S. The Morgan fingerprint density at radius 2 is 2.04 bits per heavy atom. The molecule has 0 aliphatic carbocycles. The van der Waals surface area contributed by atoms with Crippen LogP contribution in [0.1, 0.15) is 5.56 Å². The number of H-pyrrole nitrogens is 1. The Morgan fingerprint density at radius 3 is 2.71 bits per heavy atom. The second kappa shape index (κ2) is 6.63. The lowest BCUT2D eigenvalue weighted by molar-refractivity contribution is -0.408. The van der Waals surface area contributed by atoms with Gasteiger partial charge >= 0.3 is 10.8 Å². The molecule has 0 radical (unpaired) electrons. The summed E-state index contributed by atoms with van der Waals surface area (Å²) in [6.07, 6.45) is 1.44. The molecule has 3 aromatic rings. The number of nitrogens with zero attached hydrogens (tertiary/aromatic N) is 1. The lowest BCUT2D eigenvalue weighted by atomic mass is 10.2. The van der Waals surface area contributed by atoms with Crippen molar-refractivity contribution >= 4 is 28.9 Å². The minimum absolute atomic E-state index is 0.0367. The van der Waals surface area contributed by atoms with Crippen LogP contribution in [0.25, 0.3) is 17.2 Å². The van der Waals surface area contributed by atoms with Gasteiger partial charge in [0.2, 0.25) is 0 Å². The Hall–Kier alpha value is -3.00. The van der Waals surface area contributed by atoms with Gasteiger partial charge in [-0.25, -0.2) is 4.79 Å². The predicted octanol–water partition coefficient (Wildman–Crippen LogP) is 3.50.